The van der Waals surface area contributed by atoms with E-state index in [0.29, 0.717) is 34.1 Å². The van der Waals surface area contributed by atoms with Gasteiger partial charge in [-0.05, 0) is 84.1 Å². The molecule has 4 heterocycles. The zero-order chi connectivity index (χ0) is 39.6. The summed E-state index contributed by atoms with van der Waals surface area (Å²) in [6, 6.07) is 26.6. The first-order chi connectivity index (χ1) is 25.9. The van der Waals surface area contributed by atoms with Crippen molar-refractivity contribution in [3.05, 3.63) is 133 Å². The van der Waals surface area contributed by atoms with Crippen LogP contribution in [0.15, 0.2) is 110 Å². The molecule has 7 rings (SSSR count). The quantitative estimate of drug-likeness (QED) is 0.115. The highest BCUT2D eigenvalue weighted by molar-refractivity contribution is 6.09. The minimum absolute atomic E-state index is 0.0556. The van der Waals surface area contributed by atoms with Crippen LogP contribution in [0.4, 0.5) is 0 Å². The van der Waals surface area contributed by atoms with Gasteiger partial charge in [0.15, 0.2) is 5.82 Å². The van der Waals surface area contributed by atoms with Crippen molar-refractivity contribution in [3.63, 3.8) is 0 Å². The molecule has 0 amide bonds. The van der Waals surface area contributed by atoms with Crippen molar-refractivity contribution in [2.75, 3.05) is 0 Å². The zero-order valence-electron chi connectivity index (χ0n) is 35.0. The molecule has 0 unspecified atom stereocenters. The standard InChI is InChI=1S/C43H45N5O/c1-29(2)20-31-22-32(21-30(3)4)24-34(23-31)46-18-19-47(28-46)41-27-36(15-17-44-41)49-35-12-13-38-37-10-8-9-11-39(37)48(40(38)26-35)42-25-33(14-16-45-42)43(5,6)7/h8-19,22-27,29-30H,20-21H2,1-7H3/i18D,19D,20D2,21D2. The molecular formula is C43H45N5O. The fraction of sp³-hybridized carbons (Fsp3) is 0.279. The summed E-state index contributed by atoms with van der Waals surface area (Å²) in [4.78, 5) is 9.26. The highest BCUT2D eigenvalue weighted by Crippen LogP contribution is 2.36. The molecular weight excluding hydrogens is 603 g/mol. The smallest absolute Gasteiger partial charge is 0.270 e. The Bertz CT molecular complexity index is 2530. The first-order valence-electron chi connectivity index (χ1n) is 19.7. The summed E-state index contributed by atoms with van der Waals surface area (Å²) < 4.78 is 64.2. The predicted molar refractivity (Wildman–Crippen MR) is 198 cm³/mol. The fourth-order valence-electron chi connectivity index (χ4n) is 6.04. The van der Waals surface area contributed by atoms with Crippen LogP contribution in [0.3, 0.4) is 0 Å². The van der Waals surface area contributed by atoms with Gasteiger partial charge in [-0.3, -0.25) is 18.7 Å². The SMILES string of the molecule is [2H]c1c([2H])[n+](-c2cc(C([2H])([2H])C(C)C)cc(C([2H])([2H])C(C)C)c2)[c-]n1-c1cc(Oc2ccc3c4ccccc4n(-c4cc(C(C)(C)C)ccn4)c3c2)ccn1. The molecule has 0 aliphatic carbocycles. The molecule has 0 saturated carbocycles. The summed E-state index contributed by atoms with van der Waals surface area (Å²) in [6.45, 7) is 13.7. The topological polar surface area (TPSA) is 48.8 Å². The Morgan fingerprint density at radius 3 is 2.18 bits per heavy atom. The van der Waals surface area contributed by atoms with Crippen LogP contribution >= 0.6 is 0 Å². The first-order valence-corrected chi connectivity index (χ1v) is 16.7. The number of rotatable bonds is 9. The Labute approximate surface area is 298 Å². The second-order valence-corrected chi connectivity index (χ2v) is 14.0. The van der Waals surface area contributed by atoms with E-state index in [1.807, 2.05) is 36.5 Å². The van der Waals surface area contributed by atoms with Crippen LogP contribution in [0.1, 0.15) is 73.4 Å². The van der Waals surface area contributed by atoms with Gasteiger partial charge in [0.1, 0.15) is 17.3 Å². The van der Waals surface area contributed by atoms with Crippen LogP contribution in [0.25, 0.3) is 39.1 Å². The van der Waals surface area contributed by atoms with Gasteiger partial charge in [0.2, 0.25) is 0 Å². The van der Waals surface area contributed by atoms with E-state index < -0.39 is 24.6 Å². The van der Waals surface area contributed by atoms with Gasteiger partial charge in [0, 0.05) is 53.1 Å². The monoisotopic (exact) mass is 653 g/mol. The van der Waals surface area contributed by atoms with Crippen molar-refractivity contribution in [3.8, 4) is 28.8 Å². The highest BCUT2D eigenvalue weighted by Gasteiger charge is 2.18. The number of hydrogen-bond acceptors (Lipinski definition) is 3. The predicted octanol–water partition coefficient (Wildman–Crippen LogP) is 9.93. The number of fused-ring (bicyclic) bond motifs is 3. The van der Waals surface area contributed by atoms with Crippen LogP contribution < -0.4 is 9.30 Å². The number of ether oxygens (including phenoxy) is 1. The normalized spacial score (nSPS) is 14.5. The van der Waals surface area contributed by atoms with Crippen molar-refractivity contribution in [2.45, 2.75) is 66.6 Å². The molecule has 6 heteroatoms. The summed E-state index contributed by atoms with van der Waals surface area (Å²) in [5, 5.41) is 2.16. The number of para-hydroxylation sites is 1. The number of aromatic nitrogens is 5. The maximum Gasteiger partial charge on any atom is 0.270 e. The van der Waals surface area contributed by atoms with Gasteiger partial charge >= 0.3 is 0 Å². The summed E-state index contributed by atoms with van der Waals surface area (Å²) in [5.41, 5.74) is 4.00. The van der Waals surface area contributed by atoms with Gasteiger partial charge in [0.05, 0.1) is 19.5 Å². The molecule has 0 aliphatic heterocycles. The van der Waals surface area contributed by atoms with Crippen molar-refractivity contribution < 1.29 is 17.5 Å². The Morgan fingerprint density at radius 1 is 0.776 bits per heavy atom. The lowest BCUT2D eigenvalue weighted by Crippen LogP contribution is -2.28. The fourth-order valence-corrected chi connectivity index (χ4v) is 6.04. The Morgan fingerprint density at radius 2 is 1.45 bits per heavy atom. The molecule has 6 nitrogen and oxygen atoms in total. The molecule has 0 saturated heterocycles. The number of imidazole rings is 1. The van der Waals surface area contributed by atoms with Crippen LogP contribution in [-0.2, 0) is 18.2 Å². The van der Waals surface area contributed by atoms with Gasteiger partial charge < -0.3 is 4.74 Å². The highest BCUT2D eigenvalue weighted by atomic mass is 16.5. The average Bonchev–Trinajstić information content (AvgIpc) is 3.63. The van der Waals surface area contributed by atoms with E-state index in [2.05, 4.69) is 60.9 Å². The maximum absolute atomic E-state index is 8.89. The summed E-state index contributed by atoms with van der Waals surface area (Å²) in [5.74, 6) is 1.36. The van der Waals surface area contributed by atoms with E-state index in [9.17, 15) is 0 Å². The van der Waals surface area contributed by atoms with Gasteiger partial charge in [-0.1, -0.05) is 83.9 Å². The second kappa shape index (κ2) is 13.0. The van der Waals surface area contributed by atoms with Gasteiger partial charge in [0.25, 0.3) is 6.33 Å². The number of hydrogen-bond donors (Lipinski definition) is 0. The summed E-state index contributed by atoms with van der Waals surface area (Å²) >= 11 is 0. The van der Waals surface area contributed by atoms with E-state index in [-0.39, 0.29) is 17.8 Å². The number of nitrogens with zero attached hydrogens (tertiary/aromatic N) is 5. The largest absolute Gasteiger partial charge is 0.458 e. The van der Waals surface area contributed by atoms with Gasteiger partial charge in [-0.2, -0.15) is 0 Å². The van der Waals surface area contributed by atoms with E-state index in [0.717, 1.165) is 27.6 Å². The van der Waals surface area contributed by atoms with Crippen LogP contribution in [-0.4, -0.2) is 19.1 Å². The maximum atomic E-state index is 8.89. The third-order valence-electron chi connectivity index (χ3n) is 8.23. The van der Waals surface area contributed by atoms with E-state index in [1.54, 1.807) is 64.2 Å². The lowest BCUT2D eigenvalue weighted by molar-refractivity contribution is -0.599. The van der Waals surface area contributed by atoms with E-state index in [1.165, 1.54) is 14.7 Å². The number of benzene rings is 3. The molecule has 0 N–H and O–H groups in total. The van der Waals surface area contributed by atoms with Crippen LogP contribution in [0.2, 0.25) is 0 Å². The van der Waals surface area contributed by atoms with E-state index in [4.69, 9.17) is 17.9 Å². The average molecular weight is 654 g/mol. The molecule has 0 spiro atoms. The van der Waals surface area contributed by atoms with Crippen LogP contribution in [0.5, 0.6) is 11.5 Å². The second-order valence-electron chi connectivity index (χ2n) is 14.0. The summed E-state index contributed by atoms with van der Waals surface area (Å²) in [6.07, 6.45) is 2.51. The van der Waals surface area contributed by atoms with Gasteiger partial charge in [-0.15, -0.1) is 0 Å². The minimum atomic E-state index is -1.77. The third kappa shape index (κ3) is 6.86. The Hall–Kier alpha value is -5.23. The molecule has 49 heavy (non-hydrogen) atoms. The lowest BCUT2D eigenvalue weighted by Gasteiger charge is -2.20. The molecule has 248 valence electrons. The van der Waals surface area contributed by atoms with Crippen molar-refractivity contribution >= 4 is 21.8 Å². The van der Waals surface area contributed by atoms with Crippen molar-refractivity contribution in [1.29, 1.82) is 0 Å². The molecule has 7 aromatic rings. The number of pyridine rings is 2. The molecule has 0 aliphatic rings. The Balaban J connectivity index is 1.28. The molecule has 0 fully saturated rings. The third-order valence-corrected chi connectivity index (χ3v) is 8.23. The molecule has 0 atom stereocenters. The first kappa shape index (κ1) is 25.7. The summed E-state index contributed by atoms with van der Waals surface area (Å²) in [7, 11) is 0. The zero-order valence-corrected chi connectivity index (χ0v) is 29.0. The Kier molecular flexibility index (Phi) is 6.83. The van der Waals surface area contributed by atoms with Crippen molar-refractivity contribution in [2.24, 2.45) is 11.8 Å². The lowest BCUT2D eigenvalue weighted by atomic mass is 9.88. The van der Waals surface area contributed by atoms with E-state index >= 15 is 0 Å². The molecule has 4 aromatic heterocycles. The minimum Gasteiger partial charge on any atom is -0.458 e. The van der Waals surface area contributed by atoms with Crippen LogP contribution in [0, 0.1) is 18.2 Å². The van der Waals surface area contributed by atoms with Gasteiger partial charge in [-0.25, -0.2) is 4.98 Å². The molecule has 3 aromatic carbocycles. The van der Waals surface area contributed by atoms with Crippen molar-refractivity contribution in [1.82, 2.24) is 19.1 Å². The molecule has 0 radical (unpaired) electrons. The molecule has 0 bridgehead atoms.